The summed E-state index contributed by atoms with van der Waals surface area (Å²) in [6.07, 6.45) is 6.85. The van der Waals surface area contributed by atoms with E-state index in [-0.39, 0.29) is 11.8 Å². The third-order valence-corrected chi connectivity index (χ3v) is 3.32. The summed E-state index contributed by atoms with van der Waals surface area (Å²) in [7, 11) is 0. The predicted molar refractivity (Wildman–Crippen MR) is 73.3 cm³/mol. The van der Waals surface area contributed by atoms with Crippen molar-refractivity contribution in [3.05, 3.63) is 47.5 Å². The first-order chi connectivity index (χ1) is 9.16. The zero-order valence-electron chi connectivity index (χ0n) is 10.8. The molecule has 1 atom stereocenters. The van der Waals surface area contributed by atoms with Gasteiger partial charge in [0.05, 0.1) is 0 Å². The molecule has 0 fully saturated rings. The van der Waals surface area contributed by atoms with Crippen molar-refractivity contribution in [2.75, 3.05) is 0 Å². The van der Waals surface area contributed by atoms with E-state index < -0.39 is 5.91 Å². The van der Waals surface area contributed by atoms with E-state index >= 15 is 0 Å². The highest BCUT2D eigenvalue weighted by atomic mass is 16.2. The maximum Gasteiger partial charge on any atom is 0.248 e. The van der Waals surface area contributed by atoms with E-state index in [1.165, 1.54) is 0 Å². The molecule has 0 aromatic heterocycles. The fraction of sp³-hybridized carbons (Fsp3) is 0.333. The molecule has 0 bridgehead atoms. The highest BCUT2D eigenvalue weighted by Crippen LogP contribution is 2.18. The summed E-state index contributed by atoms with van der Waals surface area (Å²) in [5.74, 6) is -0.302. The normalized spacial score (nSPS) is 18.0. The van der Waals surface area contributed by atoms with E-state index in [1.807, 2.05) is 6.07 Å². The Labute approximate surface area is 112 Å². The van der Waals surface area contributed by atoms with Crippen molar-refractivity contribution in [3.63, 3.8) is 0 Å². The van der Waals surface area contributed by atoms with E-state index in [9.17, 15) is 9.59 Å². The quantitative estimate of drug-likeness (QED) is 0.808. The first-order valence-corrected chi connectivity index (χ1v) is 6.48. The summed E-state index contributed by atoms with van der Waals surface area (Å²) < 4.78 is 0. The molecule has 4 heteroatoms. The molecule has 100 valence electrons. The number of amides is 2. The van der Waals surface area contributed by atoms with Crippen LogP contribution in [0.4, 0.5) is 0 Å². The Kier molecular flexibility index (Phi) is 4.34. The highest BCUT2D eigenvalue weighted by Gasteiger charge is 2.18. The molecule has 0 radical (unpaired) electrons. The Morgan fingerprint density at radius 3 is 2.84 bits per heavy atom. The van der Waals surface area contributed by atoms with E-state index in [0.29, 0.717) is 12.1 Å². The molecule has 1 aliphatic rings. The van der Waals surface area contributed by atoms with Crippen LogP contribution in [-0.2, 0) is 11.3 Å². The number of hydrogen-bond donors (Lipinski definition) is 2. The molecule has 1 aromatic carbocycles. The summed E-state index contributed by atoms with van der Waals surface area (Å²) in [4.78, 5) is 23.0. The van der Waals surface area contributed by atoms with Crippen LogP contribution in [0.25, 0.3) is 0 Å². The number of rotatable bonds is 4. The largest absolute Gasteiger partial charge is 0.366 e. The minimum atomic E-state index is -0.453. The SMILES string of the molecule is NC(=O)c1cccc(CNC(=O)C2CC=CCC2)c1. The lowest BCUT2D eigenvalue weighted by Gasteiger charge is -2.17. The third-order valence-electron chi connectivity index (χ3n) is 3.32. The molecule has 4 nitrogen and oxygen atoms in total. The molecule has 0 heterocycles. The molecular weight excluding hydrogens is 240 g/mol. The second kappa shape index (κ2) is 6.18. The molecule has 2 amide bonds. The Bertz CT molecular complexity index is 509. The van der Waals surface area contributed by atoms with Crippen molar-refractivity contribution in [1.82, 2.24) is 5.32 Å². The van der Waals surface area contributed by atoms with Crippen LogP contribution >= 0.6 is 0 Å². The van der Waals surface area contributed by atoms with Crippen LogP contribution in [0.3, 0.4) is 0 Å². The van der Waals surface area contributed by atoms with Gasteiger partial charge in [-0.1, -0.05) is 24.3 Å². The molecule has 2 rings (SSSR count). The number of primary amides is 1. The van der Waals surface area contributed by atoms with Gasteiger partial charge in [-0.25, -0.2) is 0 Å². The van der Waals surface area contributed by atoms with Crippen LogP contribution in [-0.4, -0.2) is 11.8 Å². The van der Waals surface area contributed by atoms with E-state index in [0.717, 1.165) is 24.8 Å². The van der Waals surface area contributed by atoms with E-state index in [1.54, 1.807) is 18.2 Å². The lowest BCUT2D eigenvalue weighted by Crippen LogP contribution is -2.30. The number of benzene rings is 1. The maximum absolute atomic E-state index is 12.0. The van der Waals surface area contributed by atoms with Gasteiger partial charge in [0.1, 0.15) is 0 Å². The van der Waals surface area contributed by atoms with E-state index in [2.05, 4.69) is 17.5 Å². The number of nitrogens with two attached hydrogens (primary N) is 1. The number of carbonyl (C=O) groups excluding carboxylic acids is 2. The van der Waals surface area contributed by atoms with Crippen LogP contribution in [0.15, 0.2) is 36.4 Å². The molecule has 0 saturated carbocycles. The summed E-state index contributed by atoms with van der Waals surface area (Å²) in [5.41, 5.74) is 6.57. The lowest BCUT2D eigenvalue weighted by atomic mass is 9.93. The summed E-state index contributed by atoms with van der Waals surface area (Å²) in [5, 5.41) is 2.91. The lowest BCUT2D eigenvalue weighted by molar-refractivity contribution is -0.125. The minimum absolute atomic E-state index is 0.0734. The summed E-state index contributed by atoms with van der Waals surface area (Å²) in [6, 6.07) is 7.02. The third kappa shape index (κ3) is 3.68. The Morgan fingerprint density at radius 2 is 2.16 bits per heavy atom. The van der Waals surface area contributed by atoms with Gasteiger partial charge in [-0.15, -0.1) is 0 Å². The van der Waals surface area contributed by atoms with Gasteiger partial charge in [0.2, 0.25) is 11.8 Å². The van der Waals surface area contributed by atoms with Crippen molar-refractivity contribution in [2.45, 2.75) is 25.8 Å². The van der Waals surface area contributed by atoms with Gasteiger partial charge < -0.3 is 11.1 Å². The zero-order chi connectivity index (χ0) is 13.7. The Morgan fingerprint density at radius 1 is 1.32 bits per heavy atom. The molecular formula is C15H18N2O2. The van der Waals surface area contributed by atoms with Gasteiger partial charge in [0, 0.05) is 18.0 Å². The van der Waals surface area contributed by atoms with Crippen molar-refractivity contribution in [3.8, 4) is 0 Å². The monoisotopic (exact) mass is 258 g/mol. The molecule has 1 unspecified atom stereocenters. The molecule has 0 spiro atoms. The molecule has 1 aromatic rings. The molecule has 0 aliphatic heterocycles. The minimum Gasteiger partial charge on any atom is -0.366 e. The fourth-order valence-electron chi connectivity index (χ4n) is 2.20. The molecule has 19 heavy (non-hydrogen) atoms. The molecule has 0 saturated heterocycles. The second-order valence-corrected chi connectivity index (χ2v) is 4.76. The van der Waals surface area contributed by atoms with Gasteiger partial charge in [-0.3, -0.25) is 9.59 Å². The van der Waals surface area contributed by atoms with Gasteiger partial charge in [0.15, 0.2) is 0 Å². The van der Waals surface area contributed by atoms with Crippen molar-refractivity contribution >= 4 is 11.8 Å². The molecule has 3 N–H and O–H groups in total. The number of nitrogens with one attached hydrogen (secondary N) is 1. The number of carbonyl (C=O) groups is 2. The zero-order valence-corrected chi connectivity index (χ0v) is 10.8. The first kappa shape index (κ1) is 13.3. The average molecular weight is 258 g/mol. The van der Waals surface area contributed by atoms with Gasteiger partial charge in [-0.05, 0) is 37.0 Å². The van der Waals surface area contributed by atoms with Crippen LogP contribution < -0.4 is 11.1 Å². The summed E-state index contributed by atoms with van der Waals surface area (Å²) in [6.45, 7) is 0.431. The number of hydrogen-bond acceptors (Lipinski definition) is 2. The van der Waals surface area contributed by atoms with Crippen LogP contribution in [0.2, 0.25) is 0 Å². The topological polar surface area (TPSA) is 72.2 Å². The van der Waals surface area contributed by atoms with Crippen molar-refractivity contribution in [1.29, 1.82) is 0 Å². The Balaban J connectivity index is 1.91. The average Bonchev–Trinajstić information content (AvgIpc) is 2.46. The predicted octanol–water partition coefficient (Wildman–Crippen LogP) is 1.76. The fourth-order valence-corrected chi connectivity index (χ4v) is 2.20. The van der Waals surface area contributed by atoms with Gasteiger partial charge in [0.25, 0.3) is 0 Å². The second-order valence-electron chi connectivity index (χ2n) is 4.76. The maximum atomic E-state index is 12.0. The van der Waals surface area contributed by atoms with Crippen LogP contribution in [0, 0.1) is 5.92 Å². The highest BCUT2D eigenvalue weighted by molar-refractivity contribution is 5.92. The standard InChI is InChI=1S/C15H18N2O2/c16-14(18)13-8-4-5-11(9-13)10-17-15(19)12-6-2-1-3-7-12/h1-2,4-5,8-9,12H,3,6-7,10H2,(H2,16,18)(H,17,19). The van der Waals surface area contributed by atoms with Crippen molar-refractivity contribution < 1.29 is 9.59 Å². The van der Waals surface area contributed by atoms with E-state index in [4.69, 9.17) is 5.73 Å². The van der Waals surface area contributed by atoms with Crippen molar-refractivity contribution in [2.24, 2.45) is 11.7 Å². The van der Waals surface area contributed by atoms with Gasteiger partial charge in [-0.2, -0.15) is 0 Å². The Hall–Kier alpha value is -2.10. The van der Waals surface area contributed by atoms with Crippen LogP contribution in [0.5, 0.6) is 0 Å². The summed E-state index contributed by atoms with van der Waals surface area (Å²) >= 11 is 0. The van der Waals surface area contributed by atoms with Crippen LogP contribution in [0.1, 0.15) is 35.2 Å². The van der Waals surface area contributed by atoms with Gasteiger partial charge >= 0.3 is 0 Å². The number of allylic oxidation sites excluding steroid dienone is 2. The first-order valence-electron chi connectivity index (χ1n) is 6.48. The molecule has 1 aliphatic carbocycles. The smallest absolute Gasteiger partial charge is 0.248 e.